The van der Waals surface area contributed by atoms with Gasteiger partial charge in [0.25, 0.3) is 0 Å². The number of carbonyl (C=O) groups is 1. The molecule has 2 bridgehead atoms. The Balaban J connectivity index is 1.54. The van der Waals surface area contributed by atoms with E-state index in [4.69, 9.17) is 11.6 Å². The van der Waals surface area contributed by atoms with Gasteiger partial charge in [-0.25, -0.2) is 4.98 Å². The number of aromatic nitrogens is 1. The van der Waals surface area contributed by atoms with Crippen molar-refractivity contribution in [3.05, 3.63) is 23.4 Å². The number of amides is 1. The monoisotopic (exact) mass is 264 g/mol. The van der Waals surface area contributed by atoms with Gasteiger partial charge >= 0.3 is 0 Å². The molecule has 0 aliphatic heterocycles. The average molecular weight is 265 g/mol. The maximum atomic E-state index is 11.9. The van der Waals surface area contributed by atoms with E-state index in [0.717, 1.165) is 11.8 Å². The highest BCUT2D eigenvalue weighted by Crippen LogP contribution is 2.49. The van der Waals surface area contributed by atoms with Crippen LogP contribution in [-0.2, 0) is 4.79 Å². The first kappa shape index (κ1) is 12.0. The number of nitrogens with zero attached hydrogens (tertiary/aromatic N) is 1. The van der Waals surface area contributed by atoms with Gasteiger partial charge in [-0.1, -0.05) is 18.0 Å². The lowest BCUT2D eigenvalue weighted by atomic mass is 9.86. The lowest BCUT2D eigenvalue weighted by Crippen LogP contribution is -2.20. The van der Waals surface area contributed by atoms with Crippen molar-refractivity contribution in [3.63, 3.8) is 0 Å². The fourth-order valence-electron chi connectivity index (χ4n) is 3.51. The number of hydrogen-bond donors (Lipinski definition) is 1. The van der Waals surface area contributed by atoms with Crippen LogP contribution >= 0.6 is 11.6 Å². The van der Waals surface area contributed by atoms with Crippen molar-refractivity contribution in [2.45, 2.75) is 32.1 Å². The summed E-state index contributed by atoms with van der Waals surface area (Å²) in [6.45, 7) is 0. The minimum absolute atomic E-state index is 0.0855. The number of nitrogens with one attached hydrogen (secondary N) is 1. The molecule has 0 aromatic carbocycles. The molecule has 2 aliphatic carbocycles. The largest absolute Gasteiger partial charge is 0.311 e. The Morgan fingerprint density at radius 2 is 2.28 bits per heavy atom. The number of anilines is 1. The Hall–Kier alpha value is -1.09. The summed E-state index contributed by atoms with van der Waals surface area (Å²) in [5.41, 5.74) is 0. The van der Waals surface area contributed by atoms with Gasteiger partial charge in [0.15, 0.2) is 0 Å². The Morgan fingerprint density at radius 1 is 1.39 bits per heavy atom. The van der Waals surface area contributed by atoms with Gasteiger partial charge in [-0.2, -0.15) is 0 Å². The van der Waals surface area contributed by atoms with Crippen molar-refractivity contribution in [3.8, 4) is 0 Å². The van der Waals surface area contributed by atoms with Crippen LogP contribution in [0.1, 0.15) is 32.1 Å². The Morgan fingerprint density at radius 3 is 2.89 bits per heavy atom. The molecule has 3 unspecified atom stereocenters. The maximum absolute atomic E-state index is 11.9. The second-order valence-electron chi connectivity index (χ2n) is 5.55. The molecule has 96 valence electrons. The zero-order valence-electron chi connectivity index (χ0n) is 10.2. The van der Waals surface area contributed by atoms with Gasteiger partial charge in [0, 0.05) is 12.6 Å². The molecule has 1 N–H and O–H groups in total. The van der Waals surface area contributed by atoms with E-state index in [1.807, 2.05) is 0 Å². The third-order valence-electron chi connectivity index (χ3n) is 4.33. The number of fused-ring (bicyclic) bond motifs is 2. The molecule has 1 aromatic rings. The summed E-state index contributed by atoms with van der Waals surface area (Å²) in [5.74, 6) is 2.95. The standard InChI is InChI=1S/C14H17ClN2O/c15-12-3-4-13(16-8-12)17-14(18)7-11-6-9-1-2-10(11)5-9/h3-4,8-11H,1-2,5-7H2,(H,16,17,18). The van der Waals surface area contributed by atoms with Crippen molar-refractivity contribution in [2.24, 2.45) is 17.8 Å². The summed E-state index contributed by atoms with van der Waals surface area (Å²) in [4.78, 5) is 16.0. The first-order chi connectivity index (χ1) is 8.70. The van der Waals surface area contributed by atoms with Gasteiger partial charge in [0.05, 0.1) is 5.02 Å². The average Bonchev–Trinajstić information content (AvgIpc) is 2.94. The summed E-state index contributed by atoms with van der Waals surface area (Å²) in [6, 6.07) is 3.47. The second-order valence-corrected chi connectivity index (χ2v) is 5.99. The molecule has 1 heterocycles. The number of halogens is 1. The van der Waals surface area contributed by atoms with Crippen LogP contribution in [-0.4, -0.2) is 10.9 Å². The molecule has 0 spiro atoms. The van der Waals surface area contributed by atoms with E-state index in [9.17, 15) is 4.79 Å². The van der Waals surface area contributed by atoms with E-state index < -0.39 is 0 Å². The summed E-state index contributed by atoms with van der Waals surface area (Å²) in [6.07, 6.45) is 7.48. The topological polar surface area (TPSA) is 42.0 Å². The Bertz CT molecular complexity index is 446. The lowest BCUT2D eigenvalue weighted by Gasteiger charge is -2.20. The highest BCUT2D eigenvalue weighted by molar-refractivity contribution is 6.30. The predicted octanol–water partition coefficient (Wildman–Crippen LogP) is 3.50. The summed E-state index contributed by atoms with van der Waals surface area (Å²) >= 11 is 5.75. The molecule has 2 aliphatic rings. The normalized spacial score (nSPS) is 29.5. The Kier molecular flexibility index (Phi) is 3.25. The molecule has 3 rings (SSSR count). The summed E-state index contributed by atoms with van der Waals surface area (Å²) in [7, 11) is 0. The molecule has 0 saturated heterocycles. The molecule has 2 fully saturated rings. The molecule has 4 heteroatoms. The highest BCUT2D eigenvalue weighted by atomic mass is 35.5. The highest BCUT2D eigenvalue weighted by Gasteiger charge is 2.40. The van der Waals surface area contributed by atoms with E-state index in [1.165, 1.54) is 25.7 Å². The molecular weight excluding hydrogens is 248 g/mol. The van der Waals surface area contributed by atoms with Crippen molar-refractivity contribution in [1.29, 1.82) is 0 Å². The van der Waals surface area contributed by atoms with E-state index in [1.54, 1.807) is 18.3 Å². The fraction of sp³-hybridized carbons (Fsp3) is 0.571. The van der Waals surface area contributed by atoms with Crippen molar-refractivity contribution in [1.82, 2.24) is 4.98 Å². The van der Waals surface area contributed by atoms with Crippen LogP contribution in [0.5, 0.6) is 0 Å². The van der Waals surface area contributed by atoms with Crippen LogP contribution in [0.15, 0.2) is 18.3 Å². The molecule has 1 aromatic heterocycles. The van der Waals surface area contributed by atoms with E-state index in [-0.39, 0.29) is 5.91 Å². The van der Waals surface area contributed by atoms with E-state index >= 15 is 0 Å². The van der Waals surface area contributed by atoms with Crippen molar-refractivity contribution in [2.75, 3.05) is 5.32 Å². The van der Waals surface area contributed by atoms with E-state index in [0.29, 0.717) is 23.2 Å². The van der Waals surface area contributed by atoms with Gasteiger partial charge in [0.1, 0.15) is 5.82 Å². The minimum atomic E-state index is 0.0855. The SMILES string of the molecule is O=C(CC1CC2CCC1C2)Nc1ccc(Cl)cn1. The number of rotatable bonds is 3. The summed E-state index contributed by atoms with van der Waals surface area (Å²) < 4.78 is 0. The summed E-state index contributed by atoms with van der Waals surface area (Å²) in [5, 5.41) is 3.43. The lowest BCUT2D eigenvalue weighted by molar-refractivity contribution is -0.117. The van der Waals surface area contributed by atoms with Crippen LogP contribution in [0.25, 0.3) is 0 Å². The molecule has 3 atom stereocenters. The molecule has 0 radical (unpaired) electrons. The zero-order chi connectivity index (χ0) is 12.5. The van der Waals surface area contributed by atoms with Gasteiger partial charge in [-0.15, -0.1) is 0 Å². The quantitative estimate of drug-likeness (QED) is 0.908. The fourth-order valence-corrected chi connectivity index (χ4v) is 3.62. The first-order valence-corrected chi connectivity index (χ1v) is 7.00. The molecular formula is C14H17ClN2O. The van der Waals surface area contributed by atoms with Crippen molar-refractivity contribution < 1.29 is 4.79 Å². The minimum Gasteiger partial charge on any atom is -0.311 e. The van der Waals surface area contributed by atoms with Crippen LogP contribution in [0.4, 0.5) is 5.82 Å². The molecule has 2 saturated carbocycles. The first-order valence-electron chi connectivity index (χ1n) is 6.62. The Labute approximate surface area is 112 Å². The molecule has 3 nitrogen and oxygen atoms in total. The number of carbonyl (C=O) groups excluding carboxylic acids is 1. The van der Waals surface area contributed by atoms with Gasteiger partial charge in [-0.3, -0.25) is 4.79 Å². The van der Waals surface area contributed by atoms with Gasteiger partial charge < -0.3 is 5.32 Å². The van der Waals surface area contributed by atoms with E-state index in [2.05, 4.69) is 10.3 Å². The van der Waals surface area contributed by atoms with Gasteiger partial charge in [0.2, 0.25) is 5.91 Å². The third-order valence-corrected chi connectivity index (χ3v) is 4.55. The second kappa shape index (κ2) is 4.88. The maximum Gasteiger partial charge on any atom is 0.225 e. The van der Waals surface area contributed by atoms with Crippen LogP contribution in [0.2, 0.25) is 5.02 Å². The van der Waals surface area contributed by atoms with Crippen LogP contribution in [0.3, 0.4) is 0 Å². The smallest absolute Gasteiger partial charge is 0.225 e. The third kappa shape index (κ3) is 2.51. The zero-order valence-corrected chi connectivity index (χ0v) is 11.0. The van der Waals surface area contributed by atoms with Crippen LogP contribution in [0, 0.1) is 17.8 Å². The molecule has 1 amide bonds. The van der Waals surface area contributed by atoms with Crippen LogP contribution < -0.4 is 5.32 Å². The number of hydrogen-bond acceptors (Lipinski definition) is 2. The van der Waals surface area contributed by atoms with Gasteiger partial charge in [-0.05, 0) is 49.1 Å². The number of pyridine rings is 1. The predicted molar refractivity (Wildman–Crippen MR) is 71.4 cm³/mol. The van der Waals surface area contributed by atoms with Crippen molar-refractivity contribution >= 4 is 23.3 Å². The molecule has 18 heavy (non-hydrogen) atoms.